The summed E-state index contributed by atoms with van der Waals surface area (Å²) in [6.45, 7) is 6.24. The third kappa shape index (κ3) is 4.75. The van der Waals surface area contributed by atoms with Gasteiger partial charge in [0, 0.05) is 32.5 Å². The molecule has 6 aromatic rings. The topological polar surface area (TPSA) is 59.9 Å². The van der Waals surface area contributed by atoms with Gasteiger partial charge in [-0.3, -0.25) is 0 Å². The van der Waals surface area contributed by atoms with Crippen LogP contribution in [0.15, 0.2) is 95.0 Å². The van der Waals surface area contributed by atoms with Crippen molar-refractivity contribution in [2.24, 2.45) is 0 Å². The Morgan fingerprint density at radius 2 is 1.65 bits per heavy atom. The molecule has 4 aromatic carbocycles. The molecule has 7 rings (SSSR count). The van der Waals surface area contributed by atoms with Gasteiger partial charge in [-0.15, -0.1) is 65.2 Å². The molecule has 0 amide bonds. The van der Waals surface area contributed by atoms with Crippen LogP contribution in [0.2, 0.25) is 0 Å². The van der Waals surface area contributed by atoms with Crippen LogP contribution in [0.1, 0.15) is 16.7 Å². The molecule has 0 aliphatic carbocycles. The van der Waals surface area contributed by atoms with E-state index in [1.165, 1.54) is 28.8 Å². The van der Waals surface area contributed by atoms with Gasteiger partial charge in [0.05, 0.1) is 4.90 Å². The maximum Gasteiger partial charge on any atom is 0.172 e. The van der Waals surface area contributed by atoms with Gasteiger partial charge in [-0.1, -0.05) is 24.6 Å². The third-order valence-electron chi connectivity index (χ3n) is 7.04. The summed E-state index contributed by atoms with van der Waals surface area (Å²) in [5.41, 5.74) is 6.81. The monoisotopic (exact) mass is 723 g/mol. The number of benzene rings is 4. The van der Waals surface area contributed by atoms with Crippen molar-refractivity contribution in [1.82, 2.24) is 9.97 Å². The minimum absolute atomic E-state index is 0. The number of rotatable bonds is 1. The zero-order valence-electron chi connectivity index (χ0n) is 21.9. The van der Waals surface area contributed by atoms with Crippen LogP contribution < -0.4 is 0 Å². The maximum atomic E-state index is 13.7. The van der Waals surface area contributed by atoms with Gasteiger partial charge in [0.25, 0.3) is 0 Å². The molecule has 2 aromatic heterocycles. The zero-order chi connectivity index (χ0) is 27.3. The van der Waals surface area contributed by atoms with E-state index in [0.717, 1.165) is 11.3 Å². The minimum atomic E-state index is -3.67. The standard InChI is InChI=1S/C19H9FNO2S.C14H14N.Ir/c20-12-6-5-11-9-17-18-13(15(11)10-12)7-8-21-19(18)14-3-1-2-4-16(14)24(17,22)23;1-10-4-6-13(7-5-10)14-8-11(2)12(3)9-15-14;/h1-2,4-10H;4-6,8-9H,1-3H3;/q2*-1;. The molecule has 0 saturated heterocycles. The van der Waals surface area contributed by atoms with Crippen molar-refractivity contribution in [3.05, 3.63) is 120 Å². The van der Waals surface area contributed by atoms with Crippen LogP contribution in [-0.4, -0.2) is 18.4 Å². The van der Waals surface area contributed by atoms with Crippen molar-refractivity contribution < 1.29 is 32.9 Å². The number of aryl methyl sites for hydroxylation is 3. The first kappa shape index (κ1) is 27.8. The molecule has 4 nitrogen and oxygen atoms in total. The van der Waals surface area contributed by atoms with Crippen molar-refractivity contribution >= 4 is 31.4 Å². The van der Waals surface area contributed by atoms with E-state index in [1.54, 1.807) is 42.6 Å². The van der Waals surface area contributed by atoms with Gasteiger partial charge < -0.3 is 9.97 Å². The van der Waals surface area contributed by atoms with Crippen molar-refractivity contribution in [2.75, 3.05) is 0 Å². The number of hydrogen-bond donors (Lipinski definition) is 0. The quantitative estimate of drug-likeness (QED) is 0.129. The van der Waals surface area contributed by atoms with Crippen molar-refractivity contribution in [3.63, 3.8) is 0 Å². The molecule has 1 aliphatic heterocycles. The van der Waals surface area contributed by atoms with Crippen molar-refractivity contribution in [3.8, 4) is 22.5 Å². The van der Waals surface area contributed by atoms with Crippen LogP contribution >= 0.6 is 0 Å². The molecule has 0 N–H and O–H groups in total. The Hall–Kier alpha value is -3.77. The predicted octanol–water partition coefficient (Wildman–Crippen LogP) is 7.61. The van der Waals surface area contributed by atoms with E-state index in [-0.39, 0.29) is 35.7 Å². The van der Waals surface area contributed by atoms with E-state index < -0.39 is 9.84 Å². The van der Waals surface area contributed by atoms with E-state index in [4.69, 9.17) is 0 Å². The van der Waals surface area contributed by atoms with E-state index in [2.05, 4.69) is 61.1 Å². The molecule has 0 fully saturated rings. The Morgan fingerprint density at radius 3 is 2.40 bits per heavy atom. The van der Waals surface area contributed by atoms with Gasteiger partial charge in [0.1, 0.15) is 5.82 Å². The second kappa shape index (κ2) is 10.7. The van der Waals surface area contributed by atoms with Gasteiger partial charge in [0.2, 0.25) is 0 Å². The van der Waals surface area contributed by atoms with Crippen molar-refractivity contribution in [1.29, 1.82) is 0 Å². The molecule has 0 saturated carbocycles. The molecule has 3 heterocycles. The SMILES string of the molecule is Cc1c[c-]c(-c2cc(C)c(C)cn2)cc1.O=S1(=O)c2ccc[c-]c2-c2nccc3c2c1cc1ccc(F)cc13.[Ir]. The first-order valence-corrected chi connectivity index (χ1v) is 13.9. The Bertz CT molecular complexity index is 2020. The van der Waals surface area contributed by atoms with E-state index in [9.17, 15) is 12.8 Å². The normalized spacial score (nSPS) is 12.7. The summed E-state index contributed by atoms with van der Waals surface area (Å²) < 4.78 is 39.9. The number of halogens is 1. The molecule has 7 heteroatoms. The Labute approximate surface area is 246 Å². The third-order valence-corrected chi connectivity index (χ3v) is 8.86. The minimum Gasteiger partial charge on any atom is -0.304 e. The number of sulfone groups is 1. The molecule has 0 spiro atoms. The molecule has 1 aliphatic rings. The predicted molar refractivity (Wildman–Crippen MR) is 152 cm³/mol. The van der Waals surface area contributed by atoms with Gasteiger partial charge in [-0.05, 0) is 81.5 Å². The van der Waals surface area contributed by atoms with Crippen LogP contribution in [-0.2, 0) is 29.9 Å². The number of hydrogen-bond acceptors (Lipinski definition) is 4. The van der Waals surface area contributed by atoms with Crippen molar-refractivity contribution in [2.45, 2.75) is 30.6 Å². The van der Waals surface area contributed by atoms with Gasteiger partial charge in [-0.25, -0.2) is 12.8 Å². The number of nitrogens with zero attached hydrogens (tertiary/aromatic N) is 2. The molecule has 201 valence electrons. The van der Waals surface area contributed by atoms with E-state index in [0.29, 0.717) is 32.8 Å². The zero-order valence-corrected chi connectivity index (χ0v) is 25.1. The van der Waals surface area contributed by atoms with E-state index >= 15 is 0 Å². The Balaban J connectivity index is 0.000000175. The summed E-state index contributed by atoms with van der Waals surface area (Å²) >= 11 is 0. The first-order valence-electron chi connectivity index (χ1n) is 12.4. The molecule has 0 bridgehead atoms. The largest absolute Gasteiger partial charge is 0.304 e. The van der Waals surface area contributed by atoms with Gasteiger partial charge >= 0.3 is 0 Å². The molecular weight excluding hydrogens is 700 g/mol. The van der Waals surface area contributed by atoms with Crippen LogP contribution in [0.3, 0.4) is 0 Å². The average molecular weight is 723 g/mol. The molecule has 40 heavy (non-hydrogen) atoms. The summed E-state index contributed by atoms with van der Waals surface area (Å²) in [6, 6.07) is 27.1. The van der Waals surface area contributed by atoms with E-state index in [1.807, 2.05) is 12.3 Å². The average Bonchev–Trinajstić information content (AvgIpc) is 2.94. The summed E-state index contributed by atoms with van der Waals surface area (Å²) in [5.74, 6) is -0.359. The molecule has 0 atom stereocenters. The molecule has 1 radical (unpaired) electrons. The number of pyridine rings is 2. The van der Waals surface area contributed by atoms with Crippen LogP contribution in [0.5, 0.6) is 0 Å². The second-order valence-electron chi connectivity index (χ2n) is 9.67. The summed E-state index contributed by atoms with van der Waals surface area (Å²) in [7, 11) is -3.67. The fourth-order valence-corrected chi connectivity index (χ4v) is 6.50. The maximum absolute atomic E-state index is 13.7. The summed E-state index contributed by atoms with van der Waals surface area (Å²) in [5, 5.41) is 2.57. The number of aromatic nitrogens is 2. The smallest absolute Gasteiger partial charge is 0.172 e. The summed E-state index contributed by atoms with van der Waals surface area (Å²) in [6.07, 6.45) is 3.53. The molecule has 0 unspecified atom stereocenters. The Kier molecular flexibility index (Phi) is 7.40. The van der Waals surface area contributed by atoms with Crippen LogP contribution in [0, 0.1) is 38.7 Å². The summed E-state index contributed by atoms with van der Waals surface area (Å²) in [4.78, 5) is 9.21. The van der Waals surface area contributed by atoms with Gasteiger partial charge in [0.15, 0.2) is 9.84 Å². The first-order chi connectivity index (χ1) is 18.7. The van der Waals surface area contributed by atoms with Crippen LogP contribution in [0.4, 0.5) is 4.39 Å². The van der Waals surface area contributed by atoms with Crippen LogP contribution in [0.25, 0.3) is 44.1 Å². The number of fused-ring (bicyclic) bond motifs is 4. The fourth-order valence-electron chi connectivity index (χ4n) is 4.82. The Morgan fingerprint density at radius 1 is 0.825 bits per heavy atom. The fraction of sp³-hybridized carbons (Fsp3) is 0.0909. The molecular formula is C33H23FIrN2O2S-2. The second-order valence-corrected chi connectivity index (χ2v) is 11.6. The van der Waals surface area contributed by atoms with Gasteiger partial charge in [-0.2, -0.15) is 0 Å².